The van der Waals surface area contributed by atoms with Crippen LogP contribution in [0.3, 0.4) is 0 Å². The van der Waals surface area contributed by atoms with E-state index in [9.17, 15) is 18.0 Å². The van der Waals surface area contributed by atoms with Gasteiger partial charge in [-0.1, -0.05) is 11.6 Å². The molecule has 17 heavy (non-hydrogen) atoms. The zero-order chi connectivity index (χ0) is 12.6. The van der Waals surface area contributed by atoms with Crippen LogP contribution in [0.15, 0.2) is 11.6 Å². The first-order valence-electron chi connectivity index (χ1n) is 5.91. The lowest BCUT2D eigenvalue weighted by atomic mass is 9.88. The average molecular weight is 247 g/mol. The number of nitrogens with zero attached hydrogens (tertiary/aromatic N) is 1. The van der Waals surface area contributed by atoms with Gasteiger partial charge in [0, 0.05) is 18.5 Å². The summed E-state index contributed by atoms with van der Waals surface area (Å²) in [6, 6.07) is -0.0291. The van der Waals surface area contributed by atoms with E-state index in [1.807, 2.05) is 6.92 Å². The molecule has 1 saturated heterocycles. The SMILES string of the molecule is CC1=CCC2C1CCCN2C(=O)CC(F)(F)F. The average Bonchev–Trinajstić information content (AvgIpc) is 2.58. The number of hydrogen-bond acceptors (Lipinski definition) is 1. The summed E-state index contributed by atoms with van der Waals surface area (Å²) in [5, 5.41) is 0. The van der Waals surface area contributed by atoms with Crippen LogP contribution in [-0.4, -0.2) is 29.6 Å². The highest BCUT2D eigenvalue weighted by Gasteiger charge is 2.41. The summed E-state index contributed by atoms with van der Waals surface area (Å²) < 4.78 is 36.7. The molecular weight excluding hydrogens is 231 g/mol. The molecule has 1 aliphatic heterocycles. The molecule has 0 aromatic heterocycles. The van der Waals surface area contributed by atoms with Crippen LogP contribution in [0.5, 0.6) is 0 Å². The molecule has 0 saturated carbocycles. The zero-order valence-electron chi connectivity index (χ0n) is 9.76. The molecule has 0 bridgehead atoms. The molecule has 1 fully saturated rings. The predicted molar refractivity (Wildman–Crippen MR) is 57.3 cm³/mol. The number of carbonyl (C=O) groups is 1. The van der Waals surface area contributed by atoms with Crippen molar-refractivity contribution in [3.8, 4) is 0 Å². The zero-order valence-corrected chi connectivity index (χ0v) is 9.76. The molecule has 2 atom stereocenters. The molecule has 96 valence electrons. The Labute approximate surface area is 98.5 Å². The summed E-state index contributed by atoms with van der Waals surface area (Å²) in [5.74, 6) is -0.490. The number of carbonyl (C=O) groups excluding carboxylic acids is 1. The van der Waals surface area contributed by atoms with Crippen molar-refractivity contribution in [3.05, 3.63) is 11.6 Å². The maximum absolute atomic E-state index is 12.2. The van der Waals surface area contributed by atoms with Crippen LogP contribution in [0, 0.1) is 5.92 Å². The topological polar surface area (TPSA) is 20.3 Å². The van der Waals surface area contributed by atoms with Gasteiger partial charge >= 0.3 is 6.18 Å². The number of rotatable bonds is 1. The largest absolute Gasteiger partial charge is 0.397 e. The van der Waals surface area contributed by atoms with Gasteiger partial charge in [0.15, 0.2) is 0 Å². The second-order valence-corrected chi connectivity index (χ2v) is 4.88. The van der Waals surface area contributed by atoms with Crippen molar-refractivity contribution in [2.45, 2.75) is 44.8 Å². The maximum atomic E-state index is 12.2. The molecule has 5 heteroatoms. The Balaban J connectivity index is 2.04. The summed E-state index contributed by atoms with van der Waals surface area (Å²) in [7, 11) is 0. The van der Waals surface area contributed by atoms with Gasteiger partial charge in [-0.15, -0.1) is 0 Å². The molecule has 0 aromatic rings. The summed E-state index contributed by atoms with van der Waals surface area (Å²) >= 11 is 0. The van der Waals surface area contributed by atoms with Crippen LogP contribution in [0.2, 0.25) is 0 Å². The van der Waals surface area contributed by atoms with Crippen LogP contribution in [0.4, 0.5) is 13.2 Å². The molecule has 1 aliphatic carbocycles. The first kappa shape index (κ1) is 12.5. The third-order valence-corrected chi connectivity index (χ3v) is 3.72. The van der Waals surface area contributed by atoms with E-state index in [1.165, 1.54) is 10.5 Å². The van der Waals surface area contributed by atoms with Crippen LogP contribution in [0.1, 0.15) is 32.6 Å². The lowest BCUT2D eigenvalue weighted by Gasteiger charge is -2.38. The molecular formula is C12H16F3NO. The summed E-state index contributed by atoms with van der Waals surface area (Å²) in [5.41, 5.74) is 1.22. The first-order chi connectivity index (χ1) is 7.88. The van der Waals surface area contributed by atoms with Crippen molar-refractivity contribution in [2.75, 3.05) is 6.54 Å². The Morgan fingerprint density at radius 3 is 2.88 bits per heavy atom. The Morgan fingerprint density at radius 1 is 1.53 bits per heavy atom. The molecule has 2 rings (SSSR count). The van der Waals surface area contributed by atoms with E-state index < -0.39 is 18.5 Å². The van der Waals surface area contributed by atoms with Crippen molar-refractivity contribution in [1.82, 2.24) is 4.90 Å². The second-order valence-electron chi connectivity index (χ2n) is 4.88. The Hall–Kier alpha value is -1.00. The monoisotopic (exact) mass is 247 g/mol. The fraction of sp³-hybridized carbons (Fsp3) is 0.750. The Morgan fingerprint density at radius 2 is 2.24 bits per heavy atom. The number of amides is 1. The van der Waals surface area contributed by atoms with Crippen LogP contribution in [0.25, 0.3) is 0 Å². The highest BCUT2D eigenvalue weighted by Crippen LogP contribution is 2.37. The summed E-state index contributed by atoms with van der Waals surface area (Å²) in [6.07, 6.45) is -1.17. The van der Waals surface area contributed by atoms with Crippen molar-refractivity contribution in [2.24, 2.45) is 5.92 Å². The minimum atomic E-state index is -4.40. The second kappa shape index (κ2) is 4.35. The predicted octanol–water partition coefficient (Wildman–Crippen LogP) is 2.90. The molecule has 2 unspecified atom stereocenters. The Kier molecular flexibility index (Phi) is 3.19. The minimum Gasteiger partial charge on any atom is -0.339 e. The van der Waals surface area contributed by atoms with E-state index in [0.29, 0.717) is 13.0 Å². The van der Waals surface area contributed by atoms with Gasteiger partial charge in [0.2, 0.25) is 5.91 Å². The van der Waals surface area contributed by atoms with Gasteiger partial charge in [-0.2, -0.15) is 13.2 Å². The van der Waals surface area contributed by atoms with Gasteiger partial charge in [-0.05, 0) is 26.2 Å². The van der Waals surface area contributed by atoms with Crippen LogP contribution >= 0.6 is 0 Å². The van der Waals surface area contributed by atoms with Gasteiger partial charge in [0.1, 0.15) is 6.42 Å². The number of piperidine rings is 1. The molecule has 2 nitrogen and oxygen atoms in total. The number of halogens is 3. The third-order valence-electron chi connectivity index (χ3n) is 3.72. The smallest absolute Gasteiger partial charge is 0.339 e. The standard InChI is InChI=1S/C12H16F3NO/c1-8-4-5-10-9(8)3-2-6-16(10)11(17)7-12(13,14)15/h4,9-10H,2-3,5-7H2,1H3. The van der Waals surface area contributed by atoms with E-state index in [2.05, 4.69) is 6.08 Å². The van der Waals surface area contributed by atoms with Crippen LogP contribution in [-0.2, 0) is 4.79 Å². The van der Waals surface area contributed by atoms with E-state index in [4.69, 9.17) is 0 Å². The quantitative estimate of drug-likeness (QED) is 0.652. The fourth-order valence-corrected chi connectivity index (χ4v) is 2.92. The first-order valence-corrected chi connectivity index (χ1v) is 5.91. The highest BCUT2D eigenvalue weighted by molar-refractivity contribution is 5.77. The number of hydrogen-bond donors (Lipinski definition) is 0. The van der Waals surface area contributed by atoms with Gasteiger partial charge < -0.3 is 4.90 Å². The number of alkyl halides is 3. The minimum absolute atomic E-state index is 0.0291. The molecule has 0 radical (unpaired) electrons. The lowest BCUT2D eigenvalue weighted by Crippen LogP contribution is -2.48. The van der Waals surface area contributed by atoms with Gasteiger partial charge in [0.25, 0.3) is 0 Å². The van der Waals surface area contributed by atoms with Crippen LogP contribution < -0.4 is 0 Å². The van der Waals surface area contributed by atoms with Gasteiger partial charge in [-0.25, -0.2) is 0 Å². The van der Waals surface area contributed by atoms with Crippen molar-refractivity contribution < 1.29 is 18.0 Å². The summed E-state index contributed by atoms with van der Waals surface area (Å²) in [4.78, 5) is 13.1. The highest BCUT2D eigenvalue weighted by atomic mass is 19.4. The van der Waals surface area contributed by atoms with E-state index in [0.717, 1.165) is 12.8 Å². The molecule has 2 aliphatic rings. The summed E-state index contributed by atoms with van der Waals surface area (Å²) in [6.45, 7) is 2.47. The van der Waals surface area contributed by atoms with Crippen molar-refractivity contribution in [1.29, 1.82) is 0 Å². The lowest BCUT2D eigenvalue weighted by molar-refractivity contribution is -0.164. The number of fused-ring (bicyclic) bond motifs is 1. The number of likely N-dealkylation sites (tertiary alicyclic amines) is 1. The molecule has 0 N–H and O–H groups in total. The maximum Gasteiger partial charge on any atom is 0.397 e. The van der Waals surface area contributed by atoms with Gasteiger partial charge in [-0.3, -0.25) is 4.79 Å². The van der Waals surface area contributed by atoms with E-state index >= 15 is 0 Å². The Bertz CT molecular complexity index is 348. The third kappa shape index (κ3) is 2.64. The molecule has 0 aromatic carbocycles. The van der Waals surface area contributed by atoms with Crippen molar-refractivity contribution >= 4 is 5.91 Å². The van der Waals surface area contributed by atoms with Crippen molar-refractivity contribution in [3.63, 3.8) is 0 Å². The molecule has 1 amide bonds. The normalized spacial score (nSPS) is 28.9. The molecule has 0 spiro atoms. The van der Waals surface area contributed by atoms with E-state index in [1.54, 1.807) is 0 Å². The van der Waals surface area contributed by atoms with Gasteiger partial charge in [0.05, 0.1) is 0 Å². The fourth-order valence-electron chi connectivity index (χ4n) is 2.92. The molecule has 1 heterocycles. The van der Waals surface area contributed by atoms with E-state index in [-0.39, 0.29) is 12.0 Å².